The summed E-state index contributed by atoms with van der Waals surface area (Å²) >= 11 is 1.49. The molecular formula is C13H19N3OS. The number of carbonyl (C=O) groups excluding carboxylic acids is 1. The van der Waals surface area contributed by atoms with Gasteiger partial charge < -0.3 is 9.80 Å². The van der Waals surface area contributed by atoms with E-state index in [1.165, 1.54) is 30.7 Å². The monoisotopic (exact) mass is 265 g/mol. The van der Waals surface area contributed by atoms with Crippen LogP contribution in [-0.4, -0.2) is 53.9 Å². The maximum absolute atomic E-state index is 12.3. The van der Waals surface area contributed by atoms with Crippen molar-refractivity contribution in [1.82, 2.24) is 14.8 Å². The fourth-order valence-corrected chi connectivity index (χ4v) is 3.90. The Labute approximate surface area is 112 Å². The van der Waals surface area contributed by atoms with Gasteiger partial charge >= 0.3 is 0 Å². The molecule has 2 aliphatic rings. The molecule has 2 fully saturated rings. The second-order valence-electron chi connectivity index (χ2n) is 5.69. The molecule has 18 heavy (non-hydrogen) atoms. The van der Waals surface area contributed by atoms with E-state index < -0.39 is 0 Å². The van der Waals surface area contributed by atoms with Crippen molar-refractivity contribution in [3.05, 3.63) is 16.6 Å². The van der Waals surface area contributed by atoms with Gasteiger partial charge in [-0.05, 0) is 32.9 Å². The Morgan fingerprint density at radius 2 is 2.28 bits per heavy atom. The van der Waals surface area contributed by atoms with Crippen molar-refractivity contribution in [2.45, 2.75) is 19.3 Å². The van der Waals surface area contributed by atoms with Gasteiger partial charge in [0.2, 0.25) is 0 Å². The third kappa shape index (κ3) is 2.17. The Balaban J connectivity index is 1.69. The molecule has 0 aliphatic carbocycles. The van der Waals surface area contributed by atoms with Crippen LogP contribution in [0.4, 0.5) is 0 Å². The number of rotatable bonds is 1. The van der Waals surface area contributed by atoms with Crippen molar-refractivity contribution in [2.75, 3.05) is 33.2 Å². The Kier molecular flexibility index (Phi) is 3.11. The van der Waals surface area contributed by atoms with E-state index in [4.69, 9.17) is 0 Å². The summed E-state index contributed by atoms with van der Waals surface area (Å²) in [6, 6.07) is 0. The van der Waals surface area contributed by atoms with E-state index >= 15 is 0 Å². The zero-order valence-corrected chi connectivity index (χ0v) is 11.6. The average Bonchev–Trinajstić information content (AvgIpc) is 2.98. The van der Waals surface area contributed by atoms with Gasteiger partial charge in [-0.25, -0.2) is 4.98 Å². The lowest BCUT2D eigenvalue weighted by Gasteiger charge is -2.38. The van der Waals surface area contributed by atoms with Crippen molar-refractivity contribution < 1.29 is 4.79 Å². The number of piperidine rings is 1. The largest absolute Gasteiger partial charge is 0.337 e. The summed E-state index contributed by atoms with van der Waals surface area (Å²) in [5, 5.41) is 1.85. The molecule has 2 aliphatic heterocycles. The summed E-state index contributed by atoms with van der Waals surface area (Å²) in [6.07, 6.45) is 3.67. The minimum absolute atomic E-state index is 0.112. The number of hydrogen-bond acceptors (Lipinski definition) is 4. The number of amides is 1. The maximum atomic E-state index is 12.3. The van der Waals surface area contributed by atoms with E-state index in [2.05, 4.69) is 16.9 Å². The molecule has 98 valence electrons. The average molecular weight is 265 g/mol. The first kappa shape index (κ1) is 12.1. The van der Waals surface area contributed by atoms with Crippen LogP contribution in [0, 0.1) is 5.41 Å². The molecule has 1 aromatic rings. The molecule has 2 saturated heterocycles. The molecule has 0 N–H and O–H groups in total. The molecule has 1 unspecified atom stereocenters. The summed E-state index contributed by atoms with van der Waals surface area (Å²) in [6.45, 7) is 4.13. The van der Waals surface area contributed by atoms with Gasteiger partial charge in [0.1, 0.15) is 5.69 Å². The van der Waals surface area contributed by atoms with E-state index in [0.717, 1.165) is 26.1 Å². The van der Waals surface area contributed by atoms with Crippen molar-refractivity contribution in [2.24, 2.45) is 5.41 Å². The number of aromatic nitrogens is 1. The van der Waals surface area contributed by atoms with Crippen molar-refractivity contribution >= 4 is 17.2 Å². The molecule has 0 bridgehead atoms. The highest BCUT2D eigenvalue weighted by Crippen LogP contribution is 2.38. The normalized spacial score (nSPS) is 29.1. The molecule has 3 rings (SSSR count). The van der Waals surface area contributed by atoms with Gasteiger partial charge in [0.15, 0.2) is 0 Å². The standard InChI is InChI=1S/C13H19N3OS/c1-15-5-2-3-13(8-15)4-6-16(9-13)12(17)11-7-18-10-14-11/h7,10H,2-6,8-9H2,1H3. The molecule has 0 saturated carbocycles. The summed E-state index contributed by atoms with van der Waals surface area (Å²) < 4.78 is 0. The summed E-state index contributed by atoms with van der Waals surface area (Å²) in [7, 11) is 2.19. The Morgan fingerprint density at radius 1 is 1.39 bits per heavy atom. The molecule has 1 amide bonds. The number of nitrogens with zero attached hydrogens (tertiary/aromatic N) is 3. The van der Waals surface area contributed by atoms with Crippen LogP contribution in [0.25, 0.3) is 0 Å². The van der Waals surface area contributed by atoms with Crippen molar-refractivity contribution in [1.29, 1.82) is 0 Å². The maximum Gasteiger partial charge on any atom is 0.273 e. The summed E-state index contributed by atoms with van der Waals surface area (Å²) in [5.41, 5.74) is 2.69. The van der Waals surface area contributed by atoms with Gasteiger partial charge in [-0.1, -0.05) is 0 Å². The second kappa shape index (κ2) is 4.63. The van der Waals surface area contributed by atoms with Crippen LogP contribution >= 0.6 is 11.3 Å². The van der Waals surface area contributed by atoms with E-state index in [-0.39, 0.29) is 5.91 Å². The predicted octanol–water partition coefficient (Wildman–Crippen LogP) is 1.70. The Morgan fingerprint density at radius 3 is 3.00 bits per heavy atom. The SMILES string of the molecule is CN1CCCC2(CCN(C(=O)c3cscn3)C2)C1. The van der Waals surface area contributed by atoms with E-state index in [0.29, 0.717) is 11.1 Å². The predicted molar refractivity (Wildman–Crippen MR) is 71.8 cm³/mol. The molecule has 0 aromatic carbocycles. The van der Waals surface area contributed by atoms with E-state index in [9.17, 15) is 4.79 Å². The molecular weight excluding hydrogens is 246 g/mol. The minimum atomic E-state index is 0.112. The molecule has 1 aromatic heterocycles. The van der Waals surface area contributed by atoms with Crippen LogP contribution in [0.3, 0.4) is 0 Å². The third-order valence-corrected chi connectivity index (χ3v) is 4.82. The molecule has 5 heteroatoms. The highest BCUT2D eigenvalue weighted by atomic mass is 32.1. The zero-order chi connectivity index (χ0) is 12.6. The quantitative estimate of drug-likeness (QED) is 0.775. The van der Waals surface area contributed by atoms with Gasteiger partial charge in [-0.2, -0.15) is 0 Å². The highest BCUT2D eigenvalue weighted by molar-refractivity contribution is 7.07. The molecule has 4 nitrogen and oxygen atoms in total. The van der Waals surface area contributed by atoms with Crippen LogP contribution in [0.2, 0.25) is 0 Å². The second-order valence-corrected chi connectivity index (χ2v) is 6.41. The fraction of sp³-hybridized carbons (Fsp3) is 0.692. The zero-order valence-electron chi connectivity index (χ0n) is 10.8. The van der Waals surface area contributed by atoms with Crippen LogP contribution < -0.4 is 0 Å². The van der Waals surface area contributed by atoms with Gasteiger partial charge in [-0.15, -0.1) is 11.3 Å². The Bertz CT molecular complexity index is 433. The number of thiazole rings is 1. The third-order valence-electron chi connectivity index (χ3n) is 4.23. The topological polar surface area (TPSA) is 36.4 Å². The fourth-order valence-electron chi connectivity index (χ4n) is 3.38. The van der Waals surface area contributed by atoms with E-state index in [1.807, 2.05) is 10.3 Å². The lowest BCUT2D eigenvalue weighted by molar-refractivity contribution is 0.0718. The van der Waals surface area contributed by atoms with Gasteiger partial charge in [0.25, 0.3) is 5.91 Å². The molecule has 0 radical (unpaired) electrons. The van der Waals surface area contributed by atoms with Crippen LogP contribution in [-0.2, 0) is 0 Å². The number of likely N-dealkylation sites (tertiary alicyclic amines) is 2. The summed E-state index contributed by atoms with van der Waals surface area (Å²) in [5.74, 6) is 0.112. The summed E-state index contributed by atoms with van der Waals surface area (Å²) in [4.78, 5) is 20.8. The molecule has 3 heterocycles. The van der Waals surface area contributed by atoms with Crippen molar-refractivity contribution in [3.63, 3.8) is 0 Å². The van der Waals surface area contributed by atoms with Crippen LogP contribution in [0.1, 0.15) is 29.8 Å². The van der Waals surface area contributed by atoms with Crippen LogP contribution in [0.15, 0.2) is 10.9 Å². The first-order chi connectivity index (χ1) is 8.69. The van der Waals surface area contributed by atoms with Gasteiger partial charge in [0, 0.05) is 30.4 Å². The number of hydrogen-bond donors (Lipinski definition) is 0. The first-order valence-electron chi connectivity index (χ1n) is 6.55. The smallest absolute Gasteiger partial charge is 0.273 e. The van der Waals surface area contributed by atoms with Crippen LogP contribution in [0.5, 0.6) is 0 Å². The molecule has 1 atom stereocenters. The highest BCUT2D eigenvalue weighted by Gasteiger charge is 2.42. The lowest BCUT2D eigenvalue weighted by atomic mass is 9.79. The van der Waals surface area contributed by atoms with Gasteiger partial charge in [0.05, 0.1) is 5.51 Å². The Hall–Kier alpha value is -0.940. The van der Waals surface area contributed by atoms with Crippen molar-refractivity contribution in [3.8, 4) is 0 Å². The number of carbonyl (C=O) groups is 1. The first-order valence-corrected chi connectivity index (χ1v) is 7.49. The lowest BCUT2D eigenvalue weighted by Crippen LogP contribution is -2.43. The van der Waals surface area contributed by atoms with Gasteiger partial charge in [-0.3, -0.25) is 4.79 Å². The minimum Gasteiger partial charge on any atom is -0.337 e. The van der Waals surface area contributed by atoms with E-state index in [1.54, 1.807) is 5.51 Å². The molecule has 1 spiro atoms.